The molecule has 0 N–H and O–H groups in total. The predicted octanol–water partition coefficient (Wildman–Crippen LogP) is 13.3. The Morgan fingerprint density at radius 1 is 0.426 bits per heavy atom. The number of rotatable bonds is 7. The molecule has 10 aromatic rings. The Morgan fingerprint density at radius 3 is 1.67 bits per heavy atom. The number of benzene rings is 9. The third-order valence-corrected chi connectivity index (χ3v) is 12.0. The molecule has 0 radical (unpaired) electrons. The molecule has 1 atom stereocenters. The van der Waals surface area contributed by atoms with Crippen LogP contribution in [0.2, 0.25) is 0 Å². The van der Waals surface area contributed by atoms with Crippen molar-refractivity contribution in [1.29, 1.82) is 0 Å². The fourth-order valence-corrected chi connectivity index (χ4v) is 9.37. The van der Waals surface area contributed by atoms with Crippen LogP contribution in [-0.2, 0) is 0 Å². The van der Waals surface area contributed by atoms with Gasteiger partial charge in [0, 0.05) is 50.9 Å². The van der Waals surface area contributed by atoms with E-state index in [1.54, 1.807) is 0 Å². The first-order valence-electron chi connectivity index (χ1n) is 20.7. The third kappa shape index (κ3) is 5.74. The van der Waals surface area contributed by atoms with Gasteiger partial charge in [0.2, 0.25) is 0 Å². The van der Waals surface area contributed by atoms with Crippen molar-refractivity contribution in [2.24, 2.45) is 4.99 Å². The minimum absolute atomic E-state index is 0.00622. The molecular formula is C56H37N5. The summed E-state index contributed by atoms with van der Waals surface area (Å²) in [7, 11) is 0. The first-order valence-corrected chi connectivity index (χ1v) is 20.7. The van der Waals surface area contributed by atoms with Crippen LogP contribution in [0.5, 0.6) is 0 Å². The number of fused-ring (bicyclic) bond motifs is 11. The SMILES string of the molecule is C1=CC(c2ccccc2)c2c(c3ccc(N(c4ccccc4)c4ccccc4)cc3c3nc4c5c(ccc4nc23)=Nc2cccc(N(c3ccccc3)c3ccccc3)c2-5)=C1. The van der Waals surface area contributed by atoms with Gasteiger partial charge in [-0.05, 0) is 107 Å². The third-order valence-electron chi connectivity index (χ3n) is 12.0. The second kappa shape index (κ2) is 14.3. The van der Waals surface area contributed by atoms with Gasteiger partial charge in [-0.3, -0.25) is 0 Å². The van der Waals surface area contributed by atoms with Gasteiger partial charge in [0.05, 0.1) is 38.8 Å². The van der Waals surface area contributed by atoms with Crippen LogP contribution in [0.1, 0.15) is 17.0 Å². The first kappa shape index (κ1) is 34.9. The molecule has 0 amide bonds. The quantitative estimate of drug-likeness (QED) is 0.119. The van der Waals surface area contributed by atoms with Gasteiger partial charge in [-0.2, -0.15) is 0 Å². The number of anilines is 6. The lowest BCUT2D eigenvalue weighted by molar-refractivity contribution is 1.02. The number of hydrogen-bond acceptors (Lipinski definition) is 5. The largest absolute Gasteiger partial charge is 0.310 e. The molecule has 286 valence electrons. The number of aromatic nitrogens is 2. The highest BCUT2D eigenvalue weighted by Crippen LogP contribution is 2.48. The van der Waals surface area contributed by atoms with Crippen molar-refractivity contribution in [2.45, 2.75) is 5.92 Å². The van der Waals surface area contributed by atoms with E-state index in [-0.39, 0.29) is 5.92 Å². The zero-order chi connectivity index (χ0) is 40.3. The lowest BCUT2D eigenvalue weighted by Crippen LogP contribution is -2.20. The summed E-state index contributed by atoms with van der Waals surface area (Å²) in [4.78, 5) is 21.4. The lowest BCUT2D eigenvalue weighted by atomic mass is 9.84. The van der Waals surface area contributed by atoms with Gasteiger partial charge in [0.1, 0.15) is 0 Å². The van der Waals surface area contributed by atoms with Crippen LogP contribution in [0.3, 0.4) is 0 Å². The number of allylic oxidation sites excluding steroid dienone is 2. The molecule has 0 saturated carbocycles. The summed E-state index contributed by atoms with van der Waals surface area (Å²) in [6.07, 6.45) is 6.74. The van der Waals surface area contributed by atoms with Crippen LogP contribution in [-0.4, -0.2) is 9.97 Å². The van der Waals surface area contributed by atoms with Crippen molar-refractivity contribution < 1.29 is 0 Å². The minimum atomic E-state index is 0.00622. The molecule has 1 aliphatic carbocycles. The number of hydrogen-bond donors (Lipinski definition) is 0. The maximum atomic E-state index is 5.81. The molecule has 61 heavy (non-hydrogen) atoms. The van der Waals surface area contributed by atoms with Crippen LogP contribution >= 0.6 is 0 Å². The molecule has 1 aromatic heterocycles. The molecule has 0 spiro atoms. The molecule has 5 nitrogen and oxygen atoms in total. The molecule has 1 unspecified atom stereocenters. The summed E-state index contributed by atoms with van der Waals surface area (Å²) < 4.78 is 0. The van der Waals surface area contributed by atoms with Crippen LogP contribution < -0.4 is 20.4 Å². The second-order valence-corrected chi connectivity index (χ2v) is 15.5. The Morgan fingerprint density at radius 2 is 1.03 bits per heavy atom. The highest BCUT2D eigenvalue weighted by atomic mass is 15.2. The van der Waals surface area contributed by atoms with E-state index >= 15 is 0 Å². The van der Waals surface area contributed by atoms with Gasteiger partial charge in [0.15, 0.2) is 0 Å². The molecule has 5 heteroatoms. The highest BCUT2D eigenvalue weighted by Gasteiger charge is 2.28. The fourth-order valence-electron chi connectivity index (χ4n) is 9.37. The van der Waals surface area contributed by atoms with E-state index in [0.717, 1.165) is 89.1 Å². The van der Waals surface area contributed by atoms with Crippen molar-refractivity contribution in [1.82, 2.24) is 9.97 Å². The normalized spacial score (nSPS) is 13.6. The van der Waals surface area contributed by atoms with E-state index in [4.69, 9.17) is 15.0 Å². The van der Waals surface area contributed by atoms with Gasteiger partial charge in [-0.1, -0.05) is 133 Å². The van der Waals surface area contributed by atoms with E-state index in [9.17, 15) is 0 Å². The maximum absolute atomic E-state index is 5.81. The van der Waals surface area contributed by atoms with Crippen LogP contribution in [0, 0.1) is 0 Å². The van der Waals surface area contributed by atoms with Crippen LogP contribution in [0.15, 0.2) is 217 Å². The van der Waals surface area contributed by atoms with Gasteiger partial charge >= 0.3 is 0 Å². The van der Waals surface area contributed by atoms with Crippen molar-refractivity contribution in [3.05, 3.63) is 234 Å². The number of para-hydroxylation sites is 4. The Hall–Kier alpha value is -8.15. The Balaban J connectivity index is 1.17. The summed E-state index contributed by atoms with van der Waals surface area (Å²) >= 11 is 0. The standard InChI is InChI=1S/C56H37N5/c1-6-18-37(19-7-1)43-28-16-29-45-44-33-32-42(60(38-20-8-2-9-21-38)39-22-10-3-11-23-39)36-46(44)54-56(51(43)45)58-49-35-34-48-53(55(49)59-54)52-47(57-48)30-17-31-50(52)61(40-24-12-4-13-25-40)41-26-14-5-15-27-41/h1-36,43H. The molecule has 0 bridgehead atoms. The Labute approximate surface area is 353 Å². The summed E-state index contributed by atoms with van der Waals surface area (Å²) in [5, 5.41) is 4.26. The summed E-state index contributed by atoms with van der Waals surface area (Å²) in [6, 6.07) is 70.5. The van der Waals surface area contributed by atoms with E-state index in [1.807, 2.05) is 0 Å². The van der Waals surface area contributed by atoms with E-state index in [1.165, 1.54) is 16.3 Å². The Kier molecular flexibility index (Phi) is 8.17. The van der Waals surface area contributed by atoms with Gasteiger partial charge < -0.3 is 9.80 Å². The van der Waals surface area contributed by atoms with E-state index < -0.39 is 0 Å². The molecule has 0 fully saturated rings. The van der Waals surface area contributed by atoms with Gasteiger partial charge in [-0.15, -0.1) is 0 Å². The zero-order valence-electron chi connectivity index (χ0n) is 33.1. The lowest BCUT2D eigenvalue weighted by Gasteiger charge is -2.28. The summed E-state index contributed by atoms with van der Waals surface area (Å²) in [6.45, 7) is 0. The smallest absolute Gasteiger partial charge is 0.0996 e. The molecule has 1 aliphatic heterocycles. The monoisotopic (exact) mass is 779 g/mol. The zero-order valence-corrected chi connectivity index (χ0v) is 33.1. The minimum Gasteiger partial charge on any atom is -0.310 e. The second-order valence-electron chi connectivity index (χ2n) is 15.5. The van der Waals surface area contributed by atoms with Crippen LogP contribution in [0.4, 0.5) is 39.8 Å². The Bertz CT molecular complexity index is 3380. The fraction of sp³-hybridized carbons (Fsp3) is 0.0179. The average Bonchev–Trinajstić information content (AvgIpc) is 3.73. The molecule has 12 rings (SSSR count). The van der Waals surface area contributed by atoms with Gasteiger partial charge in [-0.25, -0.2) is 15.0 Å². The van der Waals surface area contributed by atoms with Crippen molar-refractivity contribution in [3.63, 3.8) is 0 Å². The van der Waals surface area contributed by atoms with Gasteiger partial charge in [0.25, 0.3) is 0 Å². The van der Waals surface area contributed by atoms with Crippen molar-refractivity contribution in [2.75, 3.05) is 9.80 Å². The summed E-state index contributed by atoms with van der Waals surface area (Å²) in [5.41, 5.74) is 15.2. The predicted molar refractivity (Wildman–Crippen MR) is 252 cm³/mol. The molecule has 2 heterocycles. The van der Waals surface area contributed by atoms with Crippen LogP contribution in [0.25, 0.3) is 50.0 Å². The maximum Gasteiger partial charge on any atom is 0.0996 e. The molecular weight excluding hydrogens is 743 g/mol. The average molecular weight is 780 g/mol. The topological polar surface area (TPSA) is 44.6 Å². The summed E-state index contributed by atoms with van der Waals surface area (Å²) in [5.74, 6) is 0.00622. The molecule has 2 aliphatic rings. The first-order chi connectivity index (χ1) is 30.3. The highest BCUT2D eigenvalue weighted by molar-refractivity contribution is 6.12. The number of nitrogens with zero attached hydrogens (tertiary/aromatic N) is 5. The van der Waals surface area contributed by atoms with E-state index in [2.05, 4.69) is 228 Å². The molecule has 0 saturated heterocycles. The van der Waals surface area contributed by atoms with E-state index in [0.29, 0.717) is 0 Å². The van der Waals surface area contributed by atoms with Crippen molar-refractivity contribution >= 4 is 78.7 Å². The molecule has 9 aromatic carbocycles. The van der Waals surface area contributed by atoms with Crippen molar-refractivity contribution in [3.8, 4) is 11.1 Å².